The van der Waals surface area contributed by atoms with Gasteiger partial charge >= 0.3 is 6.09 Å². The van der Waals surface area contributed by atoms with Gasteiger partial charge in [-0.1, -0.05) is 40.7 Å². The van der Waals surface area contributed by atoms with E-state index in [1.54, 1.807) is 19.1 Å². The van der Waals surface area contributed by atoms with Gasteiger partial charge in [-0.25, -0.2) is 17.6 Å². The minimum absolute atomic E-state index is 0.0410. The van der Waals surface area contributed by atoms with Gasteiger partial charge in [0, 0.05) is 66.8 Å². The summed E-state index contributed by atoms with van der Waals surface area (Å²) in [6.07, 6.45) is 1.77. The molecular formula is C37H51FN4O8SSi. The molecule has 5 rings (SSSR count). The van der Waals surface area contributed by atoms with Crippen LogP contribution in [-0.2, 0) is 21.0 Å². The number of sulfonamides is 1. The molecule has 1 saturated carbocycles. The molecule has 3 N–H and O–H groups in total. The molecule has 2 fully saturated rings. The van der Waals surface area contributed by atoms with Gasteiger partial charge in [-0.05, 0) is 78.9 Å². The number of carbonyl (C=O) groups is 2. The number of rotatable bonds is 11. The molecule has 1 saturated heterocycles. The van der Waals surface area contributed by atoms with Gasteiger partial charge < -0.3 is 29.4 Å². The van der Waals surface area contributed by atoms with E-state index in [4.69, 9.17) is 4.43 Å². The largest absolute Gasteiger partial charge is 0.465 e. The van der Waals surface area contributed by atoms with Crippen LogP contribution in [0.4, 0.5) is 9.18 Å². The number of aliphatic hydroxyl groups is 1. The Morgan fingerprint density at radius 2 is 1.73 bits per heavy atom. The van der Waals surface area contributed by atoms with Crippen molar-refractivity contribution in [1.82, 2.24) is 19.1 Å². The van der Waals surface area contributed by atoms with Crippen molar-refractivity contribution < 1.29 is 37.0 Å². The second-order valence-electron chi connectivity index (χ2n) is 16.5. The van der Waals surface area contributed by atoms with E-state index in [1.165, 1.54) is 29.0 Å². The third-order valence-corrected chi connectivity index (χ3v) is 17.0. The molecule has 1 atom stereocenters. The third-order valence-electron chi connectivity index (χ3n) is 10.6. The standard InChI is InChI=1S/C37H51FN4O8SSi/c1-23-29(16-25(17-31(23)38)33(44)39-26-10-11-26)24-9-12-28-30(15-24)32(51(48,49)41-13-14-42(35(46)47)27(18-41)20-43)19-40(34(28)45)21-37(5,6)22-50-52(7,8)36(2,3)4/h9,12,15-17,19,26-27,43H,10-11,13-14,18,20-22H2,1-8H3,(H,39,44)(H,46,47)/t27-/m1/s1. The number of aliphatic hydroxyl groups excluding tert-OH is 1. The number of pyridine rings is 1. The Bertz CT molecular complexity index is 2060. The zero-order valence-corrected chi connectivity index (χ0v) is 33.1. The van der Waals surface area contributed by atoms with Gasteiger partial charge in [0.15, 0.2) is 8.32 Å². The molecule has 2 amide bonds. The summed E-state index contributed by atoms with van der Waals surface area (Å²) < 4.78 is 53.5. The lowest BCUT2D eigenvalue weighted by atomic mass is 9.94. The maximum Gasteiger partial charge on any atom is 0.407 e. The number of piperazine rings is 1. The molecule has 0 bridgehead atoms. The summed E-state index contributed by atoms with van der Waals surface area (Å²) in [6.45, 7) is 15.4. The molecule has 0 radical (unpaired) electrons. The summed E-state index contributed by atoms with van der Waals surface area (Å²) in [5.41, 5.74) is 0.144. The van der Waals surface area contributed by atoms with Crippen LogP contribution in [0.25, 0.3) is 21.9 Å². The van der Waals surface area contributed by atoms with E-state index in [2.05, 4.69) is 39.2 Å². The minimum Gasteiger partial charge on any atom is -0.465 e. The number of carboxylic acid groups (broad SMARTS) is 1. The normalized spacial score (nSPS) is 17.8. The van der Waals surface area contributed by atoms with Gasteiger partial charge in [-0.3, -0.25) is 9.59 Å². The highest BCUT2D eigenvalue weighted by atomic mass is 32.2. The van der Waals surface area contributed by atoms with Gasteiger partial charge in [0.2, 0.25) is 10.0 Å². The molecule has 0 spiro atoms. The predicted octanol–water partition coefficient (Wildman–Crippen LogP) is 5.40. The van der Waals surface area contributed by atoms with Crippen molar-refractivity contribution in [1.29, 1.82) is 0 Å². The van der Waals surface area contributed by atoms with E-state index >= 15 is 4.39 Å². The number of nitrogens with one attached hydrogen (secondary N) is 1. The van der Waals surface area contributed by atoms with E-state index < -0.39 is 59.8 Å². The fourth-order valence-corrected chi connectivity index (χ4v) is 9.01. The zero-order chi connectivity index (χ0) is 38.6. The molecule has 0 unspecified atom stereocenters. The summed E-state index contributed by atoms with van der Waals surface area (Å²) >= 11 is 0. The summed E-state index contributed by atoms with van der Waals surface area (Å²) in [4.78, 5) is 39.7. The smallest absolute Gasteiger partial charge is 0.407 e. The van der Waals surface area contributed by atoms with Crippen molar-refractivity contribution in [3.8, 4) is 11.1 Å². The van der Waals surface area contributed by atoms with Crippen LogP contribution < -0.4 is 10.9 Å². The molecular weight excluding hydrogens is 708 g/mol. The SMILES string of the molecule is Cc1c(F)cc(C(=O)NC2CC2)cc1-c1ccc2c(=O)n(CC(C)(C)CO[Si](C)(C)C(C)(C)C)cc(S(=O)(=O)N3CCN(C(=O)O)[C@@H](CO)C3)c2c1. The van der Waals surface area contributed by atoms with Crippen LogP contribution in [0.3, 0.4) is 0 Å². The van der Waals surface area contributed by atoms with Crippen LogP contribution >= 0.6 is 0 Å². The third kappa shape index (κ3) is 8.13. The van der Waals surface area contributed by atoms with Gasteiger partial charge in [0.25, 0.3) is 11.5 Å². The van der Waals surface area contributed by atoms with Crippen molar-refractivity contribution in [2.75, 3.05) is 32.8 Å². The number of benzene rings is 2. The number of aromatic nitrogens is 1. The zero-order valence-electron chi connectivity index (χ0n) is 31.2. The Hall–Kier alpha value is -3.63. The van der Waals surface area contributed by atoms with Crippen molar-refractivity contribution >= 4 is 41.1 Å². The lowest BCUT2D eigenvalue weighted by Crippen LogP contribution is -2.57. The quantitative estimate of drug-likeness (QED) is 0.220. The van der Waals surface area contributed by atoms with E-state index in [9.17, 15) is 33.0 Å². The first-order chi connectivity index (χ1) is 24.1. The number of fused-ring (bicyclic) bond motifs is 1. The van der Waals surface area contributed by atoms with Gasteiger partial charge in [0.1, 0.15) is 10.7 Å². The first kappa shape index (κ1) is 39.6. The Kier molecular flexibility index (Phi) is 10.9. The molecule has 3 aromatic rings. The molecule has 2 aromatic carbocycles. The predicted molar refractivity (Wildman–Crippen MR) is 200 cm³/mol. The second kappa shape index (κ2) is 14.3. The van der Waals surface area contributed by atoms with Crippen molar-refractivity contribution in [3.63, 3.8) is 0 Å². The number of amides is 2. The van der Waals surface area contributed by atoms with Crippen molar-refractivity contribution in [3.05, 3.63) is 63.8 Å². The topological polar surface area (TPSA) is 158 Å². The molecule has 52 heavy (non-hydrogen) atoms. The Labute approximate surface area is 305 Å². The number of carbonyl (C=O) groups excluding carboxylic acids is 1. The van der Waals surface area contributed by atoms with Crippen molar-refractivity contribution in [2.24, 2.45) is 5.41 Å². The van der Waals surface area contributed by atoms with Gasteiger partial charge in [0.05, 0.1) is 12.6 Å². The molecule has 2 aliphatic rings. The maximum absolute atomic E-state index is 15.3. The Morgan fingerprint density at radius 1 is 1.06 bits per heavy atom. The second-order valence-corrected chi connectivity index (χ2v) is 23.2. The first-order valence-corrected chi connectivity index (χ1v) is 21.9. The average molecular weight is 759 g/mol. The van der Waals surface area contributed by atoms with E-state index in [0.29, 0.717) is 17.7 Å². The molecule has 1 aliphatic carbocycles. The minimum atomic E-state index is -4.40. The van der Waals surface area contributed by atoms with Crippen LogP contribution in [0.5, 0.6) is 0 Å². The van der Waals surface area contributed by atoms with Crippen molar-refractivity contribution in [2.45, 2.75) is 96.0 Å². The van der Waals surface area contributed by atoms with Crippen LogP contribution in [0.15, 0.2) is 46.2 Å². The fourth-order valence-electron chi connectivity index (χ4n) is 6.15. The first-order valence-electron chi connectivity index (χ1n) is 17.6. The van der Waals surface area contributed by atoms with E-state index in [0.717, 1.165) is 22.0 Å². The molecule has 1 aromatic heterocycles. The number of hydrogen-bond donors (Lipinski definition) is 3. The number of hydrogen-bond acceptors (Lipinski definition) is 7. The summed E-state index contributed by atoms with van der Waals surface area (Å²) in [5, 5.41) is 22.7. The van der Waals surface area contributed by atoms with Crippen LogP contribution in [0, 0.1) is 18.2 Å². The number of halogens is 1. The lowest BCUT2D eigenvalue weighted by molar-refractivity contribution is 0.0649. The number of nitrogens with zero attached hydrogens (tertiary/aromatic N) is 3. The van der Waals surface area contributed by atoms with Gasteiger partial charge in [-0.15, -0.1) is 0 Å². The molecule has 284 valence electrons. The maximum atomic E-state index is 15.3. The molecule has 2 heterocycles. The van der Waals surface area contributed by atoms with Crippen LogP contribution in [-0.4, -0.2) is 97.7 Å². The van der Waals surface area contributed by atoms with Crippen LogP contribution in [0.1, 0.15) is 63.4 Å². The highest BCUT2D eigenvalue weighted by Gasteiger charge is 2.40. The average Bonchev–Trinajstić information content (AvgIpc) is 3.89. The van der Waals surface area contributed by atoms with E-state index in [1.807, 2.05) is 13.8 Å². The highest BCUT2D eigenvalue weighted by Crippen LogP contribution is 2.38. The molecule has 12 nitrogen and oxygen atoms in total. The summed E-state index contributed by atoms with van der Waals surface area (Å²) in [7, 11) is -6.54. The lowest BCUT2D eigenvalue weighted by Gasteiger charge is -2.39. The van der Waals surface area contributed by atoms with Gasteiger partial charge in [-0.2, -0.15) is 4.31 Å². The summed E-state index contributed by atoms with van der Waals surface area (Å²) in [5.74, 6) is -1.01. The monoisotopic (exact) mass is 758 g/mol. The molecule has 1 aliphatic heterocycles. The molecule has 15 heteroatoms. The fraction of sp³-hybridized carbons (Fsp3) is 0.541. The Balaban J connectivity index is 1.64. The van der Waals surface area contributed by atoms with E-state index in [-0.39, 0.29) is 64.1 Å². The summed E-state index contributed by atoms with van der Waals surface area (Å²) in [6, 6.07) is 6.48. The highest BCUT2D eigenvalue weighted by molar-refractivity contribution is 7.89. The Morgan fingerprint density at radius 3 is 2.33 bits per heavy atom. The van der Waals surface area contributed by atoms with Crippen LogP contribution in [0.2, 0.25) is 18.1 Å².